The Morgan fingerprint density at radius 3 is 2.04 bits per heavy atom. The topological polar surface area (TPSA) is 66.5 Å². The van der Waals surface area contributed by atoms with E-state index in [0.29, 0.717) is 23.2 Å². The highest BCUT2D eigenvalue weighted by Crippen LogP contribution is 2.26. The van der Waals surface area contributed by atoms with E-state index in [9.17, 15) is 14.4 Å². The number of benzene rings is 2. The van der Waals surface area contributed by atoms with Crippen LogP contribution in [0.25, 0.3) is 0 Å². The molecule has 0 spiro atoms. The zero-order valence-corrected chi connectivity index (χ0v) is 13.6. The quantitative estimate of drug-likeness (QED) is 0.880. The molecular formula is C19H18N2O3. The molecule has 0 saturated heterocycles. The van der Waals surface area contributed by atoms with Crippen LogP contribution in [0.15, 0.2) is 48.5 Å². The Labute approximate surface area is 140 Å². The zero-order chi connectivity index (χ0) is 17.3. The van der Waals surface area contributed by atoms with Crippen LogP contribution in [0, 0.1) is 6.92 Å². The van der Waals surface area contributed by atoms with E-state index in [1.165, 1.54) is 0 Å². The van der Waals surface area contributed by atoms with E-state index in [-0.39, 0.29) is 5.91 Å². The van der Waals surface area contributed by atoms with E-state index in [2.05, 4.69) is 5.32 Å². The SMILES string of the molecule is CC[C@H](C(=O)Nc1ccc(C)cc1)N1C(=O)c2ccccc2C1=O. The van der Waals surface area contributed by atoms with Crippen LogP contribution in [0.1, 0.15) is 39.6 Å². The fourth-order valence-electron chi connectivity index (χ4n) is 2.84. The number of aryl methyl sites for hydroxylation is 1. The Kier molecular flexibility index (Phi) is 4.16. The largest absolute Gasteiger partial charge is 0.324 e. The molecule has 1 atom stereocenters. The van der Waals surface area contributed by atoms with Crippen molar-refractivity contribution in [2.75, 3.05) is 5.32 Å². The maximum absolute atomic E-state index is 12.6. The third-order valence-electron chi connectivity index (χ3n) is 4.15. The maximum Gasteiger partial charge on any atom is 0.262 e. The normalized spacial score (nSPS) is 14.5. The van der Waals surface area contributed by atoms with E-state index in [0.717, 1.165) is 10.5 Å². The summed E-state index contributed by atoms with van der Waals surface area (Å²) in [5.74, 6) is -1.20. The second kappa shape index (κ2) is 6.28. The molecule has 5 heteroatoms. The van der Waals surface area contributed by atoms with Gasteiger partial charge in [0.25, 0.3) is 11.8 Å². The molecule has 1 aliphatic heterocycles. The monoisotopic (exact) mass is 322 g/mol. The predicted molar refractivity (Wildman–Crippen MR) is 90.8 cm³/mol. The summed E-state index contributed by atoms with van der Waals surface area (Å²) >= 11 is 0. The smallest absolute Gasteiger partial charge is 0.262 e. The molecule has 1 aliphatic rings. The highest BCUT2D eigenvalue weighted by atomic mass is 16.2. The molecule has 1 N–H and O–H groups in total. The van der Waals surface area contributed by atoms with E-state index in [1.54, 1.807) is 43.3 Å². The van der Waals surface area contributed by atoms with Gasteiger partial charge in [-0.2, -0.15) is 0 Å². The number of hydrogen-bond acceptors (Lipinski definition) is 3. The van der Waals surface area contributed by atoms with Gasteiger partial charge in [0.2, 0.25) is 5.91 Å². The van der Waals surface area contributed by atoms with Gasteiger partial charge in [0.1, 0.15) is 6.04 Å². The molecule has 0 unspecified atom stereocenters. The molecule has 0 bridgehead atoms. The fraction of sp³-hybridized carbons (Fsp3) is 0.211. The van der Waals surface area contributed by atoms with E-state index in [1.807, 2.05) is 19.1 Å². The summed E-state index contributed by atoms with van der Waals surface area (Å²) in [6.45, 7) is 3.74. The lowest BCUT2D eigenvalue weighted by atomic mass is 10.1. The number of amides is 3. The second-order valence-electron chi connectivity index (χ2n) is 5.81. The summed E-state index contributed by atoms with van der Waals surface area (Å²) < 4.78 is 0. The number of carbonyl (C=O) groups is 3. The zero-order valence-electron chi connectivity index (χ0n) is 13.6. The standard InChI is InChI=1S/C19H18N2O3/c1-3-16(17(22)20-13-10-8-12(2)9-11-13)21-18(23)14-6-4-5-7-15(14)19(21)24/h4-11,16H,3H2,1-2H3,(H,20,22)/t16-/m1/s1. The van der Waals surface area contributed by atoms with Gasteiger partial charge in [0, 0.05) is 5.69 Å². The van der Waals surface area contributed by atoms with Crippen LogP contribution in [0.4, 0.5) is 5.69 Å². The van der Waals surface area contributed by atoms with Gasteiger partial charge in [-0.15, -0.1) is 0 Å². The minimum atomic E-state index is -0.835. The summed E-state index contributed by atoms with van der Waals surface area (Å²) in [6.07, 6.45) is 0.350. The maximum atomic E-state index is 12.6. The molecule has 3 rings (SSSR count). The lowest BCUT2D eigenvalue weighted by molar-refractivity contribution is -0.120. The Hall–Kier alpha value is -2.95. The number of nitrogens with one attached hydrogen (secondary N) is 1. The van der Waals surface area contributed by atoms with Crippen LogP contribution in [0.5, 0.6) is 0 Å². The van der Waals surface area contributed by atoms with Crippen molar-refractivity contribution in [3.05, 3.63) is 65.2 Å². The van der Waals surface area contributed by atoms with Crippen molar-refractivity contribution in [3.8, 4) is 0 Å². The molecule has 1 heterocycles. The van der Waals surface area contributed by atoms with Gasteiger partial charge in [-0.3, -0.25) is 19.3 Å². The average Bonchev–Trinajstić information content (AvgIpc) is 2.83. The predicted octanol–water partition coefficient (Wildman–Crippen LogP) is 3.01. The van der Waals surface area contributed by atoms with Crippen molar-refractivity contribution < 1.29 is 14.4 Å². The molecule has 0 radical (unpaired) electrons. The first-order valence-electron chi connectivity index (χ1n) is 7.87. The Morgan fingerprint density at radius 2 is 1.54 bits per heavy atom. The van der Waals surface area contributed by atoms with Gasteiger partial charge in [-0.1, -0.05) is 36.8 Å². The number of nitrogens with zero attached hydrogens (tertiary/aromatic N) is 1. The number of anilines is 1. The van der Waals surface area contributed by atoms with Gasteiger partial charge < -0.3 is 5.32 Å². The molecule has 0 aliphatic carbocycles. The molecule has 5 nitrogen and oxygen atoms in total. The van der Waals surface area contributed by atoms with Crippen molar-refractivity contribution in [2.24, 2.45) is 0 Å². The van der Waals surface area contributed by atoms with Gasteiger partial charge in [-0.05, 0) is 37.6 Å². The molecular weight excluding hydrogens is 304 g/mol. The van der Waals surface area contributed by atoms with Crippen LogP contribution >= 0.6 is 0 Å². The number of imide groups is 1. The number of hydrogen-bond donors (Lipinski definition) is 1. The highest BCUT2D eigenvalue weighted by Gasteiger charge is 2.41. The lowest BCUT2D eigenvalue weighted by Crippen LogP contribution is -2.46. The molecule has 0 fully saturated rings. The third kappa shape index (κ3) is 2.69. The summed E-state index contributed by atoms with van der Waals surface area (Å²) in [5.41, 5.74) is 2.43. The first kappa shape index (κ1) is 15.9. The van der Waals surface area contributed by atoms with Crippen molar-refractivity contribution >= 4 is 23.4 Å². The second-order valence-corrected chi connectivity index (χ2v) is 5.81. The molecule has 0 saturated carbocycles. The highest BCUT2D eigenvalue weighted by molar-refractivity contribution is 6.23. The van der Waals surface area contributed by atoms with Gasteiger partial charge in [0.15, 0.2) is 0 Å². The molecule has 24 heavy (non-hydrogen) atoms. The number of fused-ring (bicyclic) bond motifs is 1. The summed E-state index contributed by atoms with van der Waals surface area (Å²) in [6, 6.07) is 13.2. The summed E-state index contributed by atoms with van der Waals surface area (Å²) in [4.78, 5) is 38.7. The van der Waals surface area contributed by atoms with E-state index >= 15 is 0 Å². The molecule has 2 aromatic carbocycles. The number of carbonyl (C=O) groups excluding carboxylic acids is 3. The fourth-order valence-corrected chi connectivity index (χ4v) is 2.84. The Morgan fingerprint density at radius 1 is 1.00 bits per heavy atom. The van der Waals surface area contributed by atoms with Crippen LogP contribution < -0.4 is 5.32 Å². The van der Waals surface area contributed by atoms with Crippen molar-refractivity contribution in [1.29, 1.82) is 0 Å². The Bertz CT molecular complexity index is 777. The first-order chi connectivity index (χ1) is 11.5. The van der Waals surface area contributed by atoms with Crippen molar-refractivity contribution in [2.45, 2.75) is 26.3 Å². The first-order valence-corrected chi connectivity index (χ1v) is 7.87. The average molecular weight is 322 g/mol. The molecule has 3 amide bonds. The van der Waals surface area contributed by atoms with Crippen LogP contribution in [-0.4, -0.2) is 28.7 Å². The van der Waals surface area contributed by atoms with E-state index < -0.39 is 17.9 Å². The van der Waals surface area contributed by atoms with Crippen molar-refractivity contribution in [1.82, 2.24) is 4.90 Å². The molecule has 2 aromatic rings. The summed E-state index contributed by atoms with van der Waals surface area (Å²) in [7, 11) is 0. The summed E-state index contributed by atoms with van der Waals surface area (Å²) in [5, 5.41) is 2.78. The van der Waals surface area contributed by atoms with Crippen LogP contribution in [0.2, 0.25) is 0 Å². The molecule has 122 valence electrons. The van der Waals surface area contributed by atoms with Gasteiger partial charge in [0.05, 0.1) is 11.1 Å². The minimum Gasteiger partial charge on any atom is -0.324 e. The third-order valence-corrected chi connectivity index (χ3v) is 4.15. The minimum absolute atomic E-state index is 0.350. The van der Waals surface area contributed by atoms with Gasteiger partial charge in [-0.25, -0.2) is 0 Å². The lowest BCUT2D eigenvalue weighted by Gasteiger charge is -2.24. The van der Waals surface area contributed by atoms with Crippen molar-refractivity contribution in [3.63, 3.8) is 0 Å². The van der Waals surface area contributed by atoms with E-state index in [4.69, 9.17) is 0 Å². The number of rotatable bonds is 4. The van der Waals surface area contributed by atoms with Gasteiger partial charge >= 0.3 is 0 Å². The molecule has 0 aromatic heterocycles. The van der Waals surface area contributed by atoms with Crippen LogP contribution in [-0.2, 0) is 4.79 Å². The Balaban J connectivity index is 1.84. The van der Waals surface area contributed by atoms with Crippen LogP contribution in [0.3, 0.4) is 0 Å².